The van der Waals surface area contributed by atoms with Crippen molar-refractivity contribution in [1.29, 1.82) is 5.26 Å². The number of nitrogens with zero attached hydrogens (tertiary/aromatic N) is 7. The summed E-state index contributed by atoms with van der Waals surface area (Å²) in [6.07, 6.45) is 3.37. The van der Waals surface area contributed by atoms with E-state index in [1.165, 1.54) is 6.33 Å². The number of rotatable bonds is 5. The largest absolute Gasteiger partial charge is 0.493 e. The molecule has 9 heteroatoms. The van der Waals surface area contributed by atoms with Gasteiger partial charge in [-0.3, -0.25) is 0 Å². The van der Waals surface area contributed by atoms with Gasteiger partial charge < -0.3 is 19.3 Å². The third-order valence-electron chi connectivity index (χ3n) is 5.92. The van der Waals surface area contributed by atoms with Gasteiger partial charge in [-0.2, -0.15) is 19.9 Å². The van der Waals surface area contributed by atoms with Gasteiger partial charge in [0.05, 0.1) is 25.9 Å². The van der Waals surface area contributed by atoms with Crippen molar-refractivity contribution in [2.24, 2.45) is 0 Å². The smallest absolute Gasteiger partial charge is 0.254 e. The number of aromatic nitrogens is 4. The highest BCUT2D eigenvalue weighted by molar-refractivity contribution is 5.78. The van der Waals surface area contributed by atoms with E-state index in [4.69, 9.17) is 14.7 Å². The molecule has 3 heterocycles. The van der Waals surface area contributed by atoms with Gasteiger partial charge in [0.15, 0.2) is 11.5 Å². The second-order valence-corrected chi connectivity index (χ2v) is 7.67. The number of nitriles is 1. The SMILES string of the molecule is COc1ccc(-c2cnc3ncnn3c2N2CCN(c3ccc(C#N)cc3)CC2)cc1OC. The molecule has 1 saturated heterocycles. The number of hydrogen-bond acceptors (Lipinski definition) is 8. The lowest BCUT2D eigenvalue weighted by Crippen LogP contribution is -2.47. The van der Waals surface area contributed by atoms with Crippen LogP contribution in [0.15, 0.2) is 55.0 Å². The van der Waals surface area contributed by atoms with Crippen LogP contribution in [0, 0.1) is 11.3 Å². The van der Waals surface area contributed by atoms with Crippen LogP contribution in [0.5, 0.6) is 11.5 Å². The van der Waals surface area contributed by atoms with Gasteiger partial charge in [0.2, 0.25) is 0 Å². The molecule has 0 amide bonds. The first kappa shape index (κ1) is 20.6. The highest BCUT2D eigenvalue weighted by Gasteiger charge is 2.24. The van der Waals surface area contributed by atoms with E-state index < -0.39 is 0 Å². The molecule has 0 bridgehead atoms. The molecular weight excluding hydrogens is 418 g/mol. The van der Waals surface area contributed by atoms with E-state index in [1.807, 2.05) is 48.7 Å². The Bertz CT molecular complexity index is 1320. The average molecular weight is 441 g/mol. The van der Waals surface area contributed by atoms with Crippen molar-refractivity contribution in [2.45, 2.75) is 0 Å². The number of fused-ring (bicyclic) bond motifs is 1. The summed E-state index contributed by atoms with van der Waals surface area (Å²) < 4.78 is 12.7. The molecule has 9 nitrogen and oxygen atoms in total. The van der Waals surface area contributed by atoms with Crippen molar-refractivity contribution >= 4 is 17.3 Å². The summed E-state index contributed by atoms with van der Waals surface area (Å²) in [5.74, 6) is 2.84. The maximum Gasteiger partial charge on any atom is 0.254 e. The molecule has 0 unspecified atom stereocenters. The zero-order valence-electron chi connectivity index (χ0n) is 18.5. The lowest BCUT2D eigenvalue weighted by molar-refractivity contribution is 0.355. The Morgan fingerprint density at radius 2 is 1.61 bits per heavy atom. The number of methoxy groups -OCH3 is 2. The second-order valence-electron chi connectivity index (χ2n) is 7.67. The Hall–Kier alpha value is -4.32. The molecule has 5 rings (SSSR count). The van der Waals surface area contributed by atoms with Crippen LogP contribution in [0.2, 0.25) is 0 Å². The minimum atomic E-state index is 0.559. The summed E-state index contributed by atoms with van der Waals surface area (Å²) in [6.45, 7) is 3.30. The predicted molar refractivity (Wildman–Crippen MR) is 125 cm³/mol. The van der Waals surface area contributed by atoms with Crippen LogP contribution in [0.1, 0.15) is 5.56 Å². The van der Waals surface area contributed by atoms with Crippen LogP contribution in [-0.2, 0) is 0 Å². The number of hydrogen-bond donors (Lipinski definition) is 0. The summed E-state index contributed by atoms with van der Waals surface area (Å²) in [5, 5.41) is 13.5. The monoisotopic (exact) mass is 441 g/mol. The Balaban J connectivity index is 1.48. The lowest BCUT2D eigenvalue weighted by Gasteiger charge is -2.38. The molecule has 33 heavy (non-hydrogen) atoms. The molecule has 2 aromatic carbocycles. The Morgan fingerprint density at radius 1 is 0.879 bits per heavy atom. The van der Waals surface area contributed by atoms with Gasteiger partial charge in [-0.25, -0.2) is 4.98 Å². The first-order chi connectivity index (χ1) is 16.2. The van der Waals surface area contributed by atoms with Crippen molar-refractivity contribution in [1.82, 2.24) is 19.6 Å². The van der Waals surface area contributed by atoms with E-state index in [0.29, 0.717) is 22.8 Å². The van der Waals surface area contributed by atoms with Crippen molar-refractivity contribution in [3.63, 3.8) is 0 Å². The summed E-state index contributed by atoms with van der Waals surface area (Å²) in [5.41, 5.74) is 3.69. The first-order valence-corrected chi connectivity index (χ1v) is 10.6. The molecule has 1 fully saturated rings. The Kier molecular flexibility index (Phi) is 5.40. The van der Waals surface area contributed by atoms with Crippen LogP contribution in [0.3, 0.4) is 0 Å². The first-order valence-electron chi connectivity index (χ1n) is 10.6. The van der Waals surface area contributed by atoms with Crippen molar-refractivity contribution in [3.05, 3.63) is 60.6 Å². The fourth-order valence-corrected chi connectivity index (χ4v) is 4.20. The fourth-order valence-electron chi connectivity index (χ4n) is 4.20. The topological polar surface area (TPSA) is 91.8 Å². The van der Waals surface area contributed by atoms with Gasteiger partial charge >= 0.3 is 0 Å². The van der Waals surface area contributed by atoms with Gasteiger partial charge in [0, 0.05) is 43.6 Å². The summed E-state index contributed by atoms with van der Waals surface area (Å²) in [7, 11) is 3.25. The number of benzene rings is 2. The standard InChI is InChI=1S/C24H23N7O2/c1-32-21-8-5-18(13-22(21)33-2)20-15-26-24-27-16-28-31(24)23(20)30-11-9-29(10-12-30)19-6-3-17(14-25)4-7-19/h3-8,13,15-16H,9-12H2,1-2H3. The minimum absolute atomic E-state index is 0.559. The van der Waals surface area contributed by atoms with Crippen LogP contribution in [0.25, 0.3) is 16.9 Å². The fraction of sp³-hybridized carbons (Fsp3) is 0.250. The molecule has 0 spiro atoms. The van der Waals surface area contributed by atoms with Crippen LogP contribution in [0.4, 0.5) is 11.5 Å². The van der Waals surface area contributed by atoms with E-state index >= 15 is 0 Å². The van der Waals surface area contributed by atoms with E-state index in [9.17, 15) is 0 Å². The zero-order chi connectivity index (χ0) is 22.8. The maximum absolute atomic E-state index is 9.05. The van der Waals surface area contributed by atoms with E-state index in [0.717, 1.165) is 48.8 Å². The molecule has 2 aromatic heterocycles. The number of ether oxygens (including phenoxy) is 2. The number of piperazine rings is 1. The molecule has 1 aliphatic heterocycles. The highest BCUT2D eigenvalue weighted by Crippen LogP contribution is 2.36. The lowest BCUT2D eigenvalue weighted by atomic mass is 10.1. The van der Waals surface area contributed by atoms with Crippen molar-refractivity contribution < 1.29 is 9.47 Å². The summed E-state index contributed by atoms with van der Waals surface area (Å²) >= 11 is 0. The molecule has 0 saturated carbocycles. The van der Waals surface area contributed by atoms with Gasteiger partial charge in [-0.15, -0.1) is 0 Å². The quantitative estimate of drug-likeness (QED) is 0.467. The summed E-state index contributed by atoms with van der Waals surface area (Å²) in [4.78, 5) is 13.4. The van der Waals surface area contributed by atoms with Gasteiger partial charge in [-0.1, -0.05) is 6.07 Å². The van der Waals surface area contributed by atoms with Gasteiger partial charge in [-0.05, 0) is 42.0 Å². The second kappa shape index (κ2) is 8.67. The predicted octanol–water partition coefficient (Wildman–Crippen LogP) is 3.01. The highest BCUT2D eigenvalue weighted by atomic mass is 16.5. The van der Waals surface area contributed by atoms with Gasteiger partial charge in [0.1, 0.15) is 12.1 Å². The van der Waals surface area contributed by atoms with Crippen molar-refractivity contribution in [3.8, 4) is 28.7 Å². The van der Waals surface area contributed by atoms with Crippen LogP contribution >= 0.6 is 0 Å². The third kappa shape index (κ3) is 3.76. The molecule has 0 aliphatic carbocycles. The normalized spacial score (nSPS) is 13.7. The minimum Gasteiger partial charge on any atom is -0.493 e. The third-order valence-corrected chi connectivity index (χ3v) is 5.92. The molecule has 0 atom stereocenters. The average Bonchev–Trinajstić information content (AvgIpc) is 3.37. The van der Waals surface area contributed by atoms with E-state index in [-0.39, 0.29) is 0 Å². The Morgan fingerprint density at radius 3 is 2.30 bits per heavy atom. The summed E-state index contributed by atoms with van der Waals surface area (Å²) in [6, 6.07) is 15.7. The maximum atomic E-state index is 9.05. The molecule has 4 aromatic rings. The zero-order valence-corrected chi connectivity index (χ0v) is 18.5. The van der Waals surface area contributed by atoms with Gasteiger partial charge in [0.25, 0.3) is 5.78 Å². The van der Waals surface area contributed by atoms with E-state index in [1.54, 1.807) is 18.7 Å². The van der Waals surface area contributed by atoms with Crippen LogP contribution < -0.4 is 19.3 Å². The Labute approximate surface area is 191 Å². The van der Waals surface area contributed by atoms with Crippen LogP contribution in [-0.4, -0.2) is 60.0 Å². The van der Waals surface area contributed by atoms with Crippen molar-refractivity contribution in [2.75, 3.05) is 50.2 Å². The van der Waals surface area contributed by atoms with E-state index in [2.05, 4.69) is 30.9 Å². The molecule has 1 aliphatic rings. The number of anilines is 2. The molecule has 0 N–H and O–H groups in total. The molecule has 166 valence electrons. The molecular formula is C24H23N7O2. The molecule has 0 radical (unpaired) electrons.